The van der Waals surface area contributed by atoms with Crippen molar-refractivity contribution in [1.82, 2.24) is 9.97 Å². The summed E-state index contributed by atoms with van der Waals surface area (Å²) in [5.41, 5.74) is 1.22. The molecule has 1 aromatic rings. The van der Waals surface area contributed by atoms with Crippen LogP contribution in [-0.4, -0.2) is 23.1 Å². The maximum atomic E-state index is 4.46. The van der Waals surface area contributed by atoms with Gasteiger partial charge in [-0.05, 0) is 32.1 Å². The van der Waals surface area contributed by atoms with E-state index in [2.05, 4.69) is 34.4 Å². The van der Waals surface area contributed by atoms with Crippen molar-refractivity contribution in [2.45, 2.75) is 58.4 Å². The fraction of sp³-hybridized carbons (Fsp3) is 0.733. The average molecular weight is 262 g/mol. The lowest BCUT2D eigenvalue weighted by molar-refractivity contribution is 0.480. The van der Waals surface area contributed by atoms with Gasteiger partial charge in [-0.1, -0.05) is 26.2 Å². The summed E-state index contributed by atoms with van der Waals surface area (Å²) < 4.78 is 0. The molecule has 0 aliphatic heterocycles. The van der Waals surface area contributed by atoms with Crippen LogP contribution < -0.4 is 10.6 Å². The fourth-order valence-corrected chi connectivity index (χ4v) is 3.03. The Morgan fingerprint density at radius 3 is 2.58 bits per heavy atom. The highest BCUT2D eigenvalue weighted by atomic mass is 15.1. The molecule has 1 fully saturated rings. The van der Waals surface area contributed by atoms with Crippen LogP contribution in [0.1, 0.15) is 51.5 Å². The van der Waals surface area contributed by atoms with Gasteiger partial charge in [0.1, 0.15) is 18.0 Å². The highest BCUT2D eigenvalue weighted by molar-refractivity contribution is 5.57. The van der Waals surface area contributed by atoms with Crippen LogP contribution in [0.25, 0.3) is 0 Å². The predicted molar refractivity (Wildman–Crippen MR) is 80.6 cm³/mol. The largest absolute Gasteiger partial charge is 0.373 e. The quantitative estimate of drug-likeness (QED) is 0.824. The Morgan fingerprint density at radius 1 is 1.26 bits per heavy atom. The van der Waals surface area contributed by atoms with Gasteiger partial charge in [-0.2, -0.15) is 0 Å². The summed E-state index contributed by atoms with van der Waals surface area (Å²) in [4.78, 5) is 8.77. The molecule has 0 saturated heterocycles. The zero-order valence-corrected chi connectivity index (χ0v) is 12.4. The monoisotopic (exact) mass is 262 g/mol. The Morgan fingerprint density at radius 2 is 1.95 bits per heavy atom. The molecule has 0 amide bonds. The Labute approximate surface area is 116 Å². The molecule has 106 valence electrons. The van der Waals surface area contributed by atoms with E-state index in [0.29, 0.717) is 6.04 Å². The third-order valence-electron chi connectivity index (χ3n) is 4.15. The minimum atomic E-state index is 0.498. The first-order valence-corrected chi connectivity index (χ1v) is 7.54. The average Bonchev–Trinajstić information content (AvgIpc) is 2.95. The van der Waals surface area contributed by atoms with Crippen LogP contribution in [0.3, 0.4) is 0 Å². The second-order valence-electron chi connectivity index (χ2n) is 5.53. The summed E-state index contributed by atoms with van der Waals surface area (Å²) in [6, 6.07) is 0.498. The van der Waals surface area contributed by atoms with Crippen LogP contribution >= 0.6 is 0 Å². The lowest BCUT2D eigenvalue weighted by Crippen LogP contribution is -2.25. The van der Waals surface area contributed by atoms with Crippen molar-refractivity contribution in [2.24, 2.45) is 5.92 Å². The van der Waals surface area contributed by atoms with Crippen molar-refractivity contribution in [1.29, 1.82) is 0 Å². The van der Waals surface area contributed by atoms with E-state index in [-0.39, 0.29) is 0 Å². The maximum absolute atomic E-state index is 4.46. The molecule has 1 aliphatic rings. The third-order valence-corrected chi connectivity index (χ3v) is 4.15. The Bertz CT molecular complexity index is 399. The molecule has 0 bridgehead atoms. The van der Waals surface area contributed by atoms with Crippen molar-refractivity contribution in [2.75, 3.05) is 17.7 Å². The minimum absolute atomic E-state index is 0.498. The zero-order chi connectivity index (χ0) is 13.7. The summed E-state index contributed by atoms with van der Waals surface area (Å²) in [5.74, 6) is 2.76. The highest BCUT2D eigenvalue weighted by Gasteiger charge is 2.22. The summed E-state index contributed by atoms with van der Waals surface area (Å²) in [6.07, 6.45) is 9.22. The van der Waals surface area contributed by atoms with E-state index in [1.54, 1.807) is 6.33 Å². The molecule has 1 saturated carbocycles. The SMILES string of the molecule is CCCc1c(NC)ncnc1NC(C)C1CCCC1. The number of aromatic nitrogens is 2. The van der Waals surface area contributed by atoms with Gasteiger partial charge in [-0.3, -0.25) is 0 Å². The Kier molecular flexibility index (Phi) is 5.00. The predicted octanol–water partition coefficient (Wildman–Crippen LogP) is 3.46. The van der Waals surface area contributed by atoms with Crippen LogP contribution in [0.5, 0.6) is 0 Å². The van der Waals surface area contributed by atoms with Crippen LogP contribution in [0.2, 0.25) is 0 Å². The summed E-state index contributed by atoms with van der Waals surface area (Å²) in [6.45, 7) is 4.48. The molecule has 1 aliphatic carbocycles. The van der Waals surface area contributed by atoms with E-state index in [4.69, 9.17) is 0 Å². The smallest absolute Gasteiger partial charge is 0.134 e. The second-order valence-corrected chi connectivity index (χ2v) is 5.53. The first-order valence-electron chi connectivity index (χ1n) is 7.54. The maximum Gasteiger partial charge on any atom is 0.134 e. The van der Waals surface area contributed by atoms with Crippen LogP contribution in [0, 0.1) is 5.92 Å². The number of anilines is 2. The standard InChI is InChI=1S/C15H26N4/c1-4-7-13-14(16-3)17-10-18-15(13)19-11(2)12-8-5-6-9-12/h10-12H,4-9H2,1-3H3,(H2,16,17,18,19). The molecule has 19 heavy (non-hydrogen) atoms. The number of hydrogen-bond acceptors (Lipinski definition) is 4. The first-order chi connectivity index (χ1) is 9.26. The number of nitrogens with zero attached hydrogens (tertiary/aromatic N) is 2. The van der Waals surface area contributed by atoms with Gasteiger partial charge in [0.15, 0.2) is 0 Å². The summed E-state index contributed by atoms with van der Waals surface area (Å²) in [5, 5.41) is 6.79. The molecule has 0 aromatic carbocycles. The van der Waals surface area contributed by atoms with Gasteiger partial charge >= 0.3 is 0 Å². The Hall–Kier alpha value is -1.32. The molecule has 4 heteroatoms. The van der Waals surface area contributed by atoms with Gasteiger partial charge in [0.25, 0.3) is 0 Å². The van der Waals surface area contributed by atoms with Crippen molar-refractivity contribution in [3.63, 3.8) is 0 Å². The molecule has 0 spiro atoms. The van der Waals surface area contributed by atoms with Gasteiger partial charge in [0.2, 0.25) is 0 Å². The minimum Gasteiger partial charge on any atom is -0.373 e. The molecule has 2 N–H and O–H groups in total. The van der Waals surface area contributed by atoms with Crippen molar-refractivity contribution in [3.05, 3.63) is 11.9 Å². The normalized spacial score (nSPS) is 17.4. The fourth-order valence-electron chi connectivity index (χ4n) is 3.03. The van der Waals surface area contributed by atoms with Gasteiger partial charge < -0.3 is 10.6 Å². The molecule has 4 nitrogen and oxygen atoms in total. The molecule has 1 atom stereocenters. The van der Waals surface area contributed by atoms with Gasteiger partial charge in [-0.25, -0.2) is 9.97 Å². The summed E-state index contributed by atoms with van der Waals surface area (Å²) >= 11 is 0. The topological polar surface area (TPSA) is 49.8 Å². The zero-order valence-electron chi connectivity index (χ0n) is 12.4. The molecule has 0 radical (unpaired) electrons. The number of hydrogen-bond donors (Lipinski definition) is 2. The lowest BCUT2D eigenvalue weighted by Gasteiger charge is -2.23. The van der Waals surface area contributed by atoms with E-state index >= 15 is 0 Å². The van der Waals surface area contributed by atoms with E-state index in [0.717, 1.165) is 30.4 Å². The molecule has 1 heterocycles. The lowest BCUT2D eigenvalue weighted by atomic mass is 9.99. The van der Waals surface area contributed by atoms with E-state index in [9.17, 15) is 0 Å². The van der Waals surface area contributed by atoms with E-state index in [1.165, 1.54) is 31.2 Å². The van der Waals surface area contributed by atoms with Crippen molar-refractivity contribution >= 4 is 11.6 Å². The summed E-state index contributed by atoms with van der Waals surface area (Å²) in [7, 11) is 1.92. The third kappa shape index (κ3) is 3.37. The molecular formula is C15H26N4. The van der Waals surface area contributed by atoms with Crippen molar-refractivity contribution in [3.8, 4) is 0 Å². The molecular weight excluding hydrogens is 236 g/mol. The Balaban J connectivity index is 2.13. The first kappa shape index (κ1) is 14.1. The number of nitrogens with one attached hydrogen (secondary N) is 2. The molecule has 1 aromatic heterocycles. The van der Waals surface area contributed by atoms with Crippen LogP contribution in [-0.2, 0) is 6.42 Å². The number of rotatable bonds is 6. The van der Waals surface area contributed by atoms with Gasteiger partial charge in [0.05, 0.1) is 0 Å². The molecule has 2 rings (SSSR count). The van der Waals surface area contributed by atoms with Crippen LogP contribution in [0.15, 0.2) is 6.33 Å². The van der Waals surface area contributed by atoms with Gasteiger partial charge in [0, 0.05) is 18.7 Å². The second kappa shape index (κ2) is 6.73. The molecule has 1 unspecified atom stereocenters. The van der Waals surface area contributed by atoms with Crippen LogP contribution in [0.4, 0.5) is 11.6 Å². The van der Waals surface area contributed by atoms with Crippen molar-refractivity contribution < 1.29 is 0 Å². The van der Waals surface area contributed by atoms with Gasteiger partial charge in [-0.15, -0.1) is 0 Å². The van der Waals surface area contributed by atoms with E-state index in [1.807, 2.05) is 7.05 Å². The highest BCUT2D eigenvalue weighted by Crippen LogP contribution is 2.30. The van der Waals surface area contributed by atoms with E-state index < -0.39 is 0 Å².